The Hall–Kier alpha value is -1.49. The van der Waals surface area contributed by atoms with Crippen LogP contribution in [0.2, 0.25) is 0 Å². The number of benzene rings is 1. The molecule has 4 nitrogen and oxygen atoms in total. The van der Waals surface area contributed by atoms with Crippen molar-refractivity contribution < 1.29 is 19.1 Å². The summed E-state index contributed by atoms with van der Waals surface area (Å²) < 4.78 is 10.7. The van der Waals surface area contributed by atoms with Gasteiger partial charge in [-0.3, -0.25) is 9.59 Å². The molecule has 5 heteroatoms. The largest absolute Gasteiger partial charge is 0.469 e. The van der Waals surface area contributed by atoms with Crippen molar-refractivity contribution in [2.24, 2.45) is 11.8 Å². The number of rotatable bonds is 8. The fraction of sp³-hybridized carbons (Fsp3) is 0.600. The van der Waals surface area contributed by atoms with E-state index in [1.165, 1.54) is 18.9 Å². The van der Waals surface area contributed by atoms with E-state index in [2.05, 4.69) is 13.8 Å². The van der Waals surface area contributed by atoms with E-state index in [-0.39, 0.29) is 29.5 Å². The molecule has 1 aromatic rings. The second-order valence-corrected chi connectivity index (χ2v) is 8.47. The minimum atomic E-state index is -0.618. The van der Waals surface area contributed by atoms with Gasteiger partial charge in [-0.05, 0) is 37.8 Å². The molecule has 138 valence electrons. The third-order valence-electron chi connectivity index (χ3n) is 4.79. The maximum atomic E-state index is 12.6. The molecule has 1 saturated heterocycles. The van der Waals surface area contributed by atoms with Crippen molar-refractivity contribution in [1.82, 2.24) is 0 Å². The van der Waals surface area contributed by atoms with Gasteiger partial charge in [-0.15, -0.1) is 11.8 Å². The lowest BCUT2D eigenvalue weighted by atomic mass is 9.82. The Morgan fingerprint density at radius 3 is 2.60 bits per heavy atom. The van der Waals surface area contributed by atoms with E-state index < -0.39 is 5.60 Å². The van der Waals surface area contributed by atoms with Crippen molar-refractivity contribution in [3.8, 4) is 0 Å². The number of carbonyl (C=O) groups excluding carboxylic acids is 2. The first-order valence-electron chi connectivity index (χ1n) is 8.87. The molecule has 1 aromatic carbocycles. The van der Waals surface area contributed by atoms with E-state index in [1.807, 2.05) is 37.3 Å². The summed E-state index contributed by atoms with van der Waals surface area (Å²) in [6, 6.07) is 9.78. The van der Waals surface area contributed by atoms with Gasteiger partial charge in [0.2, 0.25) is 0 Å². The summed E-state index contributed by atoms with van der Waals surface area (Å²) >= 11 is 1.48. The van der Waals surface area contributed by atoms with Crippen LogP contribution in [0.5, 0.6) is 0 Å². The molecular formula is C20H28O4S. The lowest BCUT2D eigenvalue weighted by molar-refractivity contribution is -0.151. The van der Waals surface area contributed by atoms with Crippen LogP contribution in [0.4, 0.5) is 0 Å². The van der Waals surface area contributed by atoms with Gasteiger partial charge >= 0.3 is 11.9 Å². The highest BCUT2D eigenvalue weighted by atomic mass is 32.2. The number of thioether (sulfide) groups is 1. The lowest BCUT2D eigenvalue weighted by Crippen LogP contribution is -2.36. The minimum absolute atomic E-state index is 0.190. The van der Waals surface area contributed by atoms with Crippen molar-refractivity contribution in [3.63, 3.8) is 0 Å². The van der Waals surface area contributed by atoms with Gasteiger partial charge in [0.1, 0.15) is 10.9 Å². The molecule has 2 rings (SSSR count). The van der Waals surface area contributed by atoms with Crippen LogP contribution in [0.15, 0.2) is 35.2 Å². The van der Waals surface area contributed by atoms with Crippen LogP contribution in [-0.2, 0) is 19.1 Å². The summed E-state index contributed by atoms with van der Waals surface area (Å²) in [7, 11) is 1.38. The first-order valence-corrected chi connectivity index (χ1v) is 9.75. The van der Waals surface area contributed by atoms with E-state index in [1.54, 1.807) is 0 Å². The van der Waals surface area contributed by atoms with E-state index in [9.17, 15) is 9.59 Å². The van der Waals surface area contributed by atoms with Crippen molar-refractivity contribution in [2.75, 3.05) is 7.11 Å². The molecule has 3 atom stereocenters. The van der Waals surface area contributed by atoms with Crippen molar-refractivity contribution >= 4 is 23.7 Å². The van der Waals surface area contributed by atoms with E-state index >= 15 is 0 Å². The topological polar surface area (TPSA) is 52.6 Å². The van der Waals surface area contributed by atoms with Gasteiger partial charge < -0.3 is 9.47 Å². The molecule has 0 spiro atoms. The molecule has 0 saturated carbocycles. The van der Waals surface area contributed by atoms with Gasteiger partial charge in [-0.25, -0.2) is 0 Å². The summed E-state index contributed by atoms with van der Waals surface area (Å²) in [5, 5.41) is -0.384. The van der Waals surface area contributed by atoms with Crippen molar-refractivity contribution in [3.05, 3.63) is 30.3 Å². The van der Waals surface area contributed by atoms with Gasteiger partial charge in [0.05, 0.1) is 13.5 Å². The maximum absolute atomic E-state index is 12.6. The molecule has 0 N–H and O–H groups in total. The van der Waals surface area contributed by atoms with E-state index in [0.29, 0.717) is 5.92 Å². The highest BCUT2D eigenvalue weighted by Gasteiger charge is 2.53. The molecule has 0 radical (unpaired) electrons. The second-order valence-electron chi connectivity index (χ2n) is 7.26. The van der Waals surface area contributed by atoms with Crippen LogP contribution in [0.25, 0.3) is 0 Å². The standard InChI is InChI=1S/C20H28O4S/c1-14(2)9-8-12-20(3)16(13-17(21)23-4)18(19(22)24-20)25-15-10-6-5-7-11-15/h5-7,10-11,14,16,18H,8-9,12-13H2,1-4H3/t16-,18-,20+/m0/s1. The highest BCUT2D eigenvalue weighted by molar-refractivity contribution is 8.00. The predicted octanol–water partition coefficient (Wildman–Crippen LogP) is 4.47. The molecule has 1 aliphatic heterocycles. The van der Waals surface area contributed by atoms with Crippen LogP contribution in [0.3, 0.4) is 0 Å². The van der Waals surface area contributed by atoms with Gasteiger partial charge in [-0.2, -0.15) is 0 Å². The number of cyclic esters (lactones) is 1. The van der Waals surface area contributed by atoms with Gasteiger partial charge in [0.25, 0.3) is 0 Å². The summed E-state index contributed by atoms with van der Waals surface area (Å²) in [5.74, 6) is -0.106. The number of hydrogen-bond acceptors (Lipinski definition) is 5. The zero-order valence-corrected chi connectivity index (χ0v) is 16.3. The fourth-order valence-electron chi connectivity index (χ4n) is 3.31. The van der Waals surface area contributed by atoms with Crippen LogP contribution >= 0.6 is 11.8 Å². The Morgan fingerprint density at radius 2 is 2.00 bits per heavy atom. The average molecular weight is 365 g/mol. The molecule has 25 heavy (non-hydrogen) atoms. The van der Waals surface area contributed by atoms with Crippen LogP contribution in [0.1, 0.15) is 46.5 Å². The summed E-state index contributed by atoms with van der Waals surface area (Å²) in [6.45, 7) is 6.33. The molecular weight excluding hydrogens is 336 g/mol. The first-order chi connectivity index (χ1) is 11.9. The van der Waals surface area contributed by atoms with Gasteiger partial charge in [0, 0.05) is 10.8 Å². The number of methoxy groups -OCH3 is 1. The molecule has 0 aliphatic carbocycles. The highest BCUT2D eigenvalue weighted by Crippen LogP contribution is 2.46. The Labute approximate surface area is 154 Å². The third-order valence-corrected chi connectivity index (χ3v) is 6.11. The Bertz CT molecular complexity index is 587. The first kappa shape index (κ1) is 19.8. The normalized spacial score (nSPS) is 25.9. The van der Waals surface area contributed by atoms with Gasteiger partial charge in [0.15, 0.2) is 0 Å². The smallest absolute Gasteiger partial charge is 0.320 e. The SMILES string of the molecule is COC(=O)C[C@H]1[C@H](Sc2ccccc2)C(=O)O[C@]1(C)CCCC(C)C. The molecule has 0 bridgehead atoms. The van der Waals surface area contributed by atoms with Crippen LogP contribution in [-0.4, -0.2) is 29.9 Å². The average Bonchev–Trinajstić information content (AvgIpc) is 2.79. The fourth-order valence-corrected chi connectivity index (χ4v) is 4.61. The number of carbonyl (C=O) groups is 2. The molecule has 1 fully saturated rings. The summed E-state index contributed by atoms with van der Waals surface area (Å²) in [4.78, 5) is 25.5. The number of hydrogen-bond donors (Lipinski definition) is 0. The zero-order chi connectivity index (χ0) is 18.4. The van der Waals surface area contributed by atoms with Crippen molar-refractivity contribution in [2.45, 2.75) is 62.2 Å². The lowest BCUT2D eigenvalue weighted by Gasteiger charge is -2.30. The Morgan fingerprint density at radius 1 is 1.32 bits per heavy atom. The van der Waals surface area contributed by atoms with Crippen LogP contribution < -0.4 is 0 Å². The minimum Gasteiger partial charge on any atom is -0.469 e. The maximum Gasteiger partial charge on any atom is 0.320 e. The quantitative estimate of drug-likeness (QED) is 0.637. The molecule has 1 heterocycles. The molecule has 0 amide bonds. The number of esters is 2. The Balaban J connectivity index is 2.18. The predicted molar refractivity (Wildman–Crippen MR) is 99.4 cm³/mol. The van der Waals surface area contributed by atoms with Crippen molar-refractivity contribution in [1.29, 1.82) is 0 Å². The summed E-state index contributed by atoms with van der Waals surface area (Å²) in [5.41, 5.74) is -0.618. The molecule has 1 aliphatic rings. The van der Waals surface area contributed by atoms with E-state index in [4.69, 9.17) is 9.47 Å². The monoisotopic (exact) mass is 364 g/mol. The number of ether oxygens (including phenoxy) is 2. The molecule has 0 unspecified atom stereocenters. The summed E-state index contributed by atoms with van der Waals surface area (Å²) in [6.07, 6.45) is 3.02. The third kappa shape index (κ3) is 5.24. The molecule has 0 aromatic heterocycles. The van der Waals surface area contributed by atoms with Crippen LogP contribution in [0, 0.1) is 11.8 Å². The second kappa shape index (κ2) is 8.75. The van der Waals surface area contributed by atoms with Gasteiger partial charge in [-0.1, -0.05) is 38.5 Å². The van der Waals surface area contributed by atoms with E-state index in [0.717, 1.165) is 24.2 Å². The Kier molecular flexibility index (Phi) is 6.94. The zero-order valence-electron chi connectivity index (χ0n) is 15.5.